The van der Waals surface area contributed by atoms with Crippen LogP contribution >= 0.6 is 11.3 Å². The molecule has 0 saturated heterocycles. The highest BCUT2D eigenvalue weighted by atomic mass is 32.1. The van der Waals surface area contributed by atoms with E-state index in [1.54, 1.807) is 5.38 Å². The third-order valence-corrected chi connectivity index (χ3v) is 2.29. The number of rotatable bonds is 4. The van der Waals surface area contributed by atoms with Crippen LogP contribution in [0.15, 0.2) is 10.2 Å². The van der Waals surface area contributed by atoms with Crippen LogP contribution in [0, 0.1) is 0 Å². The van der Waals surface area contributed by atoms with Crippen molar-refractivity contribution in [3.63, 3.8) is 0 Å². The van der Waals surface area contributed by atoms with Gasteiger partial charge in [-0.15, -0.1) is 0 Å². The van der Waals surface area contributed by atoms with Crippen LogP contribution in [0.4, 0.5) is 0 Å². The minimum atomic E-state index is -0.463. The molecule has 0 bridgehead atoms. The maximum Gasteiger partial charge on any atom is 0.320 e. The van der Waals surface area contributed by atoms with Crippen LogP contribution < -0.4 is 10.2 Å². The molecule has 90 valence electrons. The van der Waals surface area contributed by atoms with Crippen LogP contribution in [0.5, 0.6) is 0 Å². The molecule has 0 amide bonds. The lowest BCUT2D eigenvalue weighted by Crippen LogP contribution is -2.31. The Hall–Kier alpha value is -1.14. The number of carbonyl (C=O) groups excluding carboxylic acids is 1. The van der Waals surface area contributed by atoms with Gasteiger partial charge in [-0.3, -0.25) is 9.59 Å². The van der Waals surface area contributed by atoms with E-state index >= 15 is 0 Å². The molecule has 0 unspecified atom stereocenters. The normalized spacial score (nSPS) is 11.4. The molecular formula is C10H16N2O3S. The van der Waals surface area contributed by atoms with Crippen molar-refractivity contribution in [3.05, 3.63) is 20.7 Å². The number of aromatic nitrogens is 1. The van der Waals surface area contributed by atoms with E-state index in [-0.39, 0.29) is 17.4 Å². The Morgan fingerprint density at radius 1 is 1.56 bits per heavy atom. The third kappa shape index (κ3) is 5.09. The highest BCUT2D eigenvalue weighted by molar-refractivity contribution is 7.07. The highest BCUT2D eigenvalue weighted by Gasteiger charge is 2.15. The van der Waals surface area contributed by atoms with Gasteiger partial charge in [0.15, 0.2) is 0 Å². The molecule has 0 saturated carbocycles. The van der Waals surface area contributed by atoms with Gasteiger partial charge in [0, 0.05) is 17.6 Å². The molecule has 6 heteroatoms. The molecule has 1 aromatic heterocycles. The first-order valence-electron chi connectivity index (χ1n) is 4.96. The molecule has 16 heavy (non-hydrogen) atoms. The van der Waals surface area contributed by atoms with Gasteiger partial charge >= 0.3 is 10.8 Å². The summed E-state index contributed by atoms with van der Waals surface area (Å²) in [6, 6.07) is 0. The molecule has 0 aliphatic carbocycles. The Morgan fingerprint density at radius 3 is 2.75 bits per heavy atom. The smallest absolute Gasteiger partial charge is 0.320 e. The van der Waals surface area contributed by atoms with Crippen molar-refractivity contribution in [1.29, 1.82) is 0 Å². The van der Waals surface area contributed by atoms with Gasteiger partial charge in [-0.05, 0) is 20.8 Å². The standard InChI is InChI=1S/C10H16N2O3S/c1-10(2,3)15-8(13)5-11-4-7-6-16-9(14)12-7/h6,11H,4-5H2,1-3H3,(H,12,14). The molecule has 0 radical (unpaired) electrons. The zero-order chi connectivity index (χ0) is 12.2. The Bertz CT molecular complexity index is 403. The van der Waals surface area contributed by atoms with Gasteiger partial charge in [-0.2, -0.15) is 0 Å². The maximum atomic E-state index is 11.3. The Kier molecular flexibility index (Phi) is 4.26. The minimum Gasteiger partial charge on any atom is -0.459 e. The summed E-state index contributed by atoms with van der Waals surface area (Å²) in [4.78, 5) is 24.7. The van der Waals surface area contributed by atoms with Crippen LogP contribution in [0.3, 0.4) is 0 Å². The van der Waals surface area contributed by atoms with Gasteiger partial charge in [0.05, 0.1) is 6.54 Å². The van der Waals surface area contributed by atoms with Gasteiger partial charge in [0.25, 0.3) is 0 Å². The fraction of sp³-hybridized carbons (Fsp3) is 0.600. The fourth-order valence-electron chi connectivity index (χ4n) is 1.08. The Labute approximate surface area is 97.8 Å². The summed E-state index contributed by atoms with van der Waals surface area (Å²) in [6.07, 6.45) is 0. The first-order valence-corrected chi connectivity index (χ1v) is 5.84. The zero-order valence-corrected chi connectivity index (χ0v) is 10.4. The Balaban J connectivity index is 2.26. The molecule has 1 heterocycles. The second-order valence-electron chi connectivity index (χ2n) is 4.36. The number of nitrogens with one attached hydrogen (secondary N) is 2. The van der Waals surface area contributed by atoms with Crippen molar-refractivity contribution in [3.8, 4) is 0 Å². The quantitative estimate of drug-likeness (QED) is 0.771. The number of hydrogen-bond acceptors (Lipinski definition) is 5. The molecule has 0 atom stereocenters. The lowest BCUT2D eigenvalue weighted by molar-refractivity contribution is -0.153. The number of carbonyl (C=O) groups is 1. The summed E-state index contributed by atoms with van der Waals surface area (Å²) in [5.74, 6) is -0.301. The van der Waals surface area contributed by atoms with E-state index in [4.69, 9.17) is 4.74 Å². The molecular weight excluding hydrogens is 228 g/mol. The second-order valence-corrected chi connectivity index (χ2v) is 5.21. The predicted molar refractivity (Wildman–Crippen MR) is 62.5 cm³/mol. The van der Waals surface area contributed by atoms with E-state index in [0.717, 1.165) is 17.0 Å². The molecule has 0 fully saturated rings. The van der Waals surface area contributed by atoms with Crippen molar-refractivity contribution in [2.45, 2.75) is 32.9 Å². The summed E-state index contributed by atoms with van der Waals surface area (Å²) >= 11 is 1.11. The lowest BCUT2D eigenvalue weighted by Gasteiger charge is -2.19. The van der Waals surface area contributed by atoms with Crippen molar-refractivity contribution in [1.82, 2.24) is 10.3 Å². The predicted octanol–water partition coefficient (Wildman–Crippen LogP) is 0.868. The largest absolute Gasteiger partial charge is 0.459 e. The summed E-state index contributed by atoms with van der Waals surface area (Å²) in [5.41, 5.74) is 0.314. The molecule has 1 rings (SSSR count). The van der Waals surface area contributed by atoms with Crippen LogP contribution in [0.2, 0.25) is 0 Å². The number of esters is 1. The summed E-state index contributed by atoms with van der Waals surface area (Å²) in [6.45, 7) is 6.05. The Morgan fingerprint density at radius 2 is 2.25 bits per heavy atom. The number of hydrogen-bond donors (Lipinski definition) is 2. The van der Waals surface area contributed by atoms with Crippen molar-refractivity contribution >= 4 is 17.3 Å². The monoisotopic (exact) mass is 244 g/mol. The molecule has 1 aromatic rings. The third-order valence-electron chi connectivity index (χ3n) is 1.58. The van der Waals surface area contributed by atoms with Gasteiger partial charge in [-0.1, -0.05) is 11.3 Å². The van der Waals surface area contributed by atoms with E-state index < -0.39 is 5.60 Å². The number of aromatic amines is 1. The van der Waals surface area contributed by atoms with E-state index in [1.807, 2.05) is 20.8 Å². The molecule has 2 N–H and O–H groups in total. The minimum absolute atomic E-state index is 0.0888. The average Bonchev–Trinajstić information content (AvgIpc) is 2.48. The van der Waals surface area contributed by atoms with Crippen molar-refractivity contribution in [2.24, 2.45) is 0 Å². The van der Waals surface area contributed by atoms with E-state index in [9.17, 15) is 9.59 Å². The summed E-state index contributed by atoms with van der Waals surface area (Å²) < 4.78 is 5.11. The van der Waals surface area contributed by atoms with E-state index in [0.29, 0.717) is 6.54 Å². The zero-order valence-electron chi connectivity index (χ0n) is 9.62. The van der Waals surface area contributed by atoms with Crippen molar-refractivity contribution < 1.29 is 9.53 Å². The van der Waals surface area contributed by atoms with Crippen molar-refractivity contribution in [2.75, 3.05) is 6.54 Å². The van der Waals surface area contributed by atoms with E-state index in [1.165, 1.54) is 0 Å². The highest BCUT2D eigenvalue weighted by Crippen LogP contribution is 2.06. The fourth-order valence-corrected chi connectivity index (χ4v) is 1.66. The molecule has 0 aliphatic heterocycles. The second kappa shape index (κ2) is 5.27. The van der Waals surface area contributed by atoms with Gasteiger partial charge in [0.2, 0.25) is 0 Å². The van der Waals surface area contributed by atoms with Gasteiger partial charge in [-0.25, -0.2) is 0 Å². The first-order chi connectivity index (χ1) is 7.37. The van der Waals surface area contributed by atoms with Gasteiger partial charge in [0.1, 0.15) is 5.60 Å². The number of thiazole rings is 1. The lowest BCUT2D eigenvalue weighted by atomic mass is 10.2. The summed E-state index contributed by atoms with van der Waals surface area (Å²) in [7, 11) is 0. The van der Waals surface area contributed by atoms with Crippen LogP contribution in [0.25, 0.3) is 0 Å². The number of H-pyrrole nitrogens is 1. The molecule has 5 nitrogen and oxygen atoms in total. The topological polar surface area (TPSA) is 71.2 Å². The average molecular weight is 244 g/mol. The maximum absolute atomic E-state index is 11.3. The first kappa shape index (κ1) is 12.9. The molecule has 0 aliphatic rings. The van der Waals surface area contributed by atoms with Crippen LogP contribution in [-0.4, -0.2) is 23.1 Å². The van der Waals surface area contributed by atoms with Gasteiger partial charge < -0.3 is 15.0 Å². The molecule has 0 spiro atoms. The molecule has 0 aromatic carbocycles. The summed E-state index contributed by atoms with van der Waals surface area (Å²) in [5, 5.41) is 4.63. The SMILES string of the molecule is CC(C)(C)OC(=O)CNCc1csc(=O)[nH]1. The number of ether oxygens (including phenoxy) is 1. The van der Waals surface area contributed by atoms with Crippen LogP contribution in [-0.2, 0) is 16.1 Å². The van der Waals surface area contributed by atoms with E-state index in [2.05, 4.69) is 10.3 Å². The van der Waals surface area contributed by atoms with Crippen LogP contribution in [0.1, 0.15) is 26.5 Å².